The molecule has 152 valence electrons. The van der Waals surface area contributed by atoms with Gasteiger partial charge in [-0.05, 0) is 11.4 Å². The Hall–Kier alpha value is -0.910. The molecule has 0 bridgehead atoms. The molecule has 1 fully saturated rings. The first-order chi connectivity index (χ1) is 11.9. The van der Waals surface area contributed by atoms with Gasteiger partial charge in [-0.3, -0.25) is 9.69 Å². The van der Waals surface area contributed by atoms with Gasteiger partial charge in [0, 0.05) is 43.7 Å². The van der Waals surface area contributed by atoms with Gasteiger partial charge in [0.1, 0.15) is 15.9 Å². The van der Waals surface area contributed by atoms with E-state index in [-0.39, 0.29) is 24.8 Å². The minimum atomic E-state index is -4.39. The average Bonchev–Trinajstić information content (AvgIpc) is 3.26. The topological polar surface area (TPSA) is 57.3 Å². The van der Waals surface area contributed by atoms with E-state index in [1.165, 1.54) is 33.8 Å². The molecule has 1 unspecified atom stereocenters. The molecule has 0 aliphatic carbocycles. The first-order valence-electron chi connectivity index (χ1n) is 7.73. The first kappa shape index (κ1) is 24.1. The highest BCUT2D eigenvalue weighted by molar-refractivity contribution is 7.17. The van der Waals surface area contributed by atoms with Gasteiger partial charge < -0.3 is 10.6 Å². The number of aromatic nitrogens is 1. The summed E-state index contributed by atoms with van der Waals surface area (Å²) >= 11 is 2.69. The summed E-state index contributed by atoms with van der Waals surface area (Å²) in [7, 11) is 0. The van der Waals surface area contributed by atoms with Crippen molar-refractivity contribution in [2.75, 3.05) is 32.7 Å². The largest absolute Gasteiger partial charge is 0.405 e. The van der Waals surface area contributed by atoms with E-state index >= 15 is 0 Å². The van der Waals surface area contributed by atoms with E-state index in [9.17, 15) is 18.0 Å². The van der Waals surface area contributed by atoms with Crippen LogP contribution in [0.2, 0.25) is 0 Å². The van der Waals surface area contributed by atoms with Crippen molar-refractivity contribution in [3.63, 3.8) is 0 Å². The maximum absolute atomic E-state index is 13.3. The van der Waals surface area contributed by atoms with Gasteiger partial charge in [0.05, 0.1) is 6.20 Å². The zero-order valence-corrected chi connectivity index (χ0v) is 17.3. The van der Waals surface area contributed by atoms with Crippen molar-refractivity contribution in [2.24, 2.45) is 0 Å². The summed E-state index contributed by atoms with van der Waals surface area (Å²) in [5.74, 6) is -0.525. The Morgan fingerprint density at radius 1 is 1.33 bits per heavy atom. The highest BCUT2D eigenvalue weighted by Crippen LogP contribution is 2.27. The predicted octanol–water partition coefficient (Wildman–Crippen LogP) is 3.28. The Bertz CT molecular complexity index is 706. The molecule has 2 aromatic heterocycles. The number of halogens is 5. The van der Waals surface area contributed by atoms with E-state index in [0.717, 1.165) is 5.56 Å². The lowest BCUT2D eigenvalue weighted by Crippen LogP contribution is -2.57. The third-order valence-corrected chi connectivity index (χ3v) is 5.65. The minimum absolute atomic E-state index is 0. The SMILES string of the molecule is Cl.Cl.O=C(NCC(N1CCNCC1)C(F)(F)F)c1cnc(-c2ccsc2)s1. The van der Waals surface area contributed by atoms with Gasteiger partial charge in [-0.15, -0.1) is 36.2 Å². The Morgan fingerprint density at radius 3 is 2.63 bits per heavy atom. The average molecular weight is 463 g/mol. The summed E-state index contributed by atoms with van der Waals surface area (Å²) in [6.45, 7) is 1.18. The molecular weight excluding hydrogens is 444 g/mol. The smallest absolute Gasteiger partial charge is 0.349 e. The fourth-order valence-electron chi connectivity index (χ4n) is 2.62. The molecular formula is C15H19Cl2F3N4OS2. The Labute approximate surface area is 175 Å². The molecule has 1 saturated heterocycles. The summed E-state index contributed by atoms with van der Waals surface area (Å²) in [5, 5.41) is 9.93. The van der Waals surface area contributed by atoms with E-state index in [0.29, 0.717) is 36.1 Å². The molecule has 1 amide bonds. The van der Waals surface area contributed by atoms with E-state index < -0.39 is 24.7 Å². The first-order valence-corrected chi connectivity index (χ1v) is 9.49. The lowest BCUT2D eigenvalue weighted by atomic mass is 10.2. The van der Waals surface area contributed by atoms with Crippen LogP contribution in [-0.4, -0.2) is 60.7 Å². The van der Waals surface area contributed by atoms with Crippen LogP contribution in [0.25, 0.3) is 10.6 Å². The van der Waals surface area contributed by atoms with Gasteiger partial charge in [0.15, 0.2) is 0 Å². The normalized spacial score (nSPS) is 16.1. The van der Waals surface area contributed by atoms with Gasteiger partial charge in [0.2, 0.25) is 0 Å². The zero-order valence-electron chi connectivity index (χ0n) is 14.0. The fraction of sp³-hybridized carbons (Fsp3) is 0.467. The number of alkyl halides is 3. The monoisotopic (exact) mass is 462 g/mol. The van der Waals surface area contributed by atoms with Crippen LogP contribution in [0.15, 0.2) is 23.0 Å². The lowest BCUT2D eigenvalue weighted by molar-refractivity contribution is -0.183. The van der Waals surface area contributed by atoms with Crippen LogP contribution in [0, 0.1) is 0 Å². The molecule has 0 spiro atoms. The maximum Gasteiger partial charge on any atom is 0.405 e. The number of piperazine rings is 1. The third-order valence-electron chi connectivity index (χ3n) is 3.92. The molecule has 2 aromatic rings. The fourth-order valence-corrected chi connectivity index (χ4v) is 4.16. The maximum atomic E-state index is 13.3. The molecule has 2 N–H and O–H groups in total. The van der Waals surface area contributed by atoms with Gasteiger partial charge >= 0.3 is 6.18 Å². The van der Waals surface area contributed by atoms with Crippen molar-refractivity contribution in [2.45, 2.75) is 12.2 Å². The number of carbonyl (C=O) groups excluding carboxylic acids is 1. The summed E-state index contributed by atoms with van der Waals surface area (Å²) in [6, 6.07) is 0.206. The summed E-state index contributed by atoms with van der Waals surface area (Å²) < 4.78 is 40.0. The van der Waals surface area contributed by atoms with E-state index in [1.807, 2.05) is 16.8 Å². The van der Waals surface area contributed by atoms with Crippen molar-refractivity contribution in [1.29, 1.82) is 0 Å². The minimum Gasteiger partial charge on any atom is -0.349 e. The van der Waals surface area contributed by atoms with E-state index in [4.69, 9.17) is 0 Å². The number of thiazole rings is 1. The van der Waals surface area contributed by atoms with Gasteiger partial charge in [0.25, 0.3) is 5.91 Å². The van der Waals surface area contributed by atoms with Crippen LogP contribution in [-0.2, 0) is 0 Å². The van der Waals surface area contributed by atoms with Crippen LogP contribution in [0.5, 0.6) is 0 Å². The van der Waals surface area contributed by atoms with Gasteiger partial charge in [-0.25, -0.2) is 4.98 Å². The lowest BCUT2D eigenvalue weighted by Gasteiger charge is -2.35. The second-order valence-corrected chi connectivity index (χ2v) is 7.41. The molecule has 0 saturated carbocycles. The molecule has 1 atom stereocenters. The highest BCUT2D eigenvalue weighted by atomic mass is 35.5. The number of amides is 1. The molecule has 0 radical (unpaired) electrons. The molecule has 0 aromatic carbocycles. The number of nitrogens with one attached hydrogen (secondary N) is 2. The summed E-state index contributed by atoms with van der Waals surface area (Å²) in [5.41, 5.74) is 0.906. The van der Waals surface area contributed by atoms with Crippen molar-refractivity contribution in [3.05, 3.63) is 27.9 Å². The number of thiophene rings is 1. The number of carbonyl (C=O) groups is 1. The molecule has 3 heterocycles. The van der Waals surface area contributed by atoms with Crippen molar-refractivity contribution in [3.8, 4) is 10.6 Å². The second-order valence-electron chi connectivity index (χ2n) is 5.60. The molecule has 1 aliphatic rings. The summed E-state index contributed by atoms with van der Waals surface area (Å²) in [6.07, 6.45) is -2.99. The zero-order chi connectivity index (χ0) is 17.9. The van der Waals surface area contributed by atoms with Crippen LogP contribution in [0.4, 0.5) is 13.2 Å². The molecule has 3 rings (SSSR count). The molecule has 1 aliphatic heterocycles. The third kappa shape index (κ3) is 6.30. The molecule has 27 heavy (non-hydrogen) atoms. The predicted molar refractivity (Wildman–Crippen MR) is 107 cm³/mol. The molecule has 12 heteroatoms. The van der Waals surface area contributed by atoms with Crippen LogP contribution in [0.1, 0.15) is 9.67 Å². The number of hydrogen-bond donors (Lipinski definition) is 2. The highest BCUT2D eigenvalue weighted by Gasteiger charge is 2.43. The van der Waals surface area contributed by atoms with Gasteiger partial charge in [-0.1, -0.05) is 0 Å². The number of rotatable bonds is 5. The van der Waals surface area contributed by atoms with Crippen molar-refractivity contribution < 1.29 is 18.0 Å². The molecule has 5 nitrogen and oxygen atoms in total. The van der Waals surface area contributed by atoms with Crippen molar-refractivity contribution >= 4 is 53.4 Å². The summed E-state index contributed by atoms with van der Waals surface area (Å²) in [4.78, 5) is 18.0. The van der Waals surface area contributed by atoms with Gasteiger partial charge in [-0.2, -0.15) is 24.5 Å². The van der Waals surface area contributed by atoms with Crippen molar-refractivity contribution in [1.82, 2.24) is 20.5 Å². The Balaban J connectivity index is 0.00000182. The standard InChI is InChI=1S/C15H17F3N4OS2.2ClH/c16-15(17,18)12(22-4-2-19-3-5-22)8-20-13(23)11-7-21-14(25-11)10-1-6-24-9-10;;/h1,6-7,9,12,19H,2-5,8H2,(H,20,23);2*1H. The van der Waals surface area contributed by atoms with E-state index in [2.05, 4.69) is 15.6 Å². The van der Waals surface area contributed by atoms with E-state index in [1.54, 1.807) is 0 Å². The van der Waals surface area contributed by atoms with Crippen LogP contribution >= 0.6 is 47.5 Å². The quantitative estimate of drug-likeness (QED) is 0.715. The number of hydrogen-bond acceptors (Lipinski definition) is 6. The second kappa shape index (κ2) is 10.6. The number of nitrogens with zero attached hydrogens (tertiary/aromatic N) is 2. The Kier molecular flexibility index (Phi) is 9.46. The van der Waals surface area contributed by atoms with Crippen LogP contribution in [0.3, 0.4) is 0 Å². The van der Waals surface area contributed by atoms with Crippen LogP contribution < -0.4 is 10.6 Å². The Morgan fingerprint density at radius 2 is 2.04 bits per heavy atom.